The molecule has 0 aromatic heterocycles. The third kappa shape index (κ3) is 5.24. The van der Waals surface area contributed by atoms with Crippen LogP contribution in [0, 0.1) is 0 Å². The molecule has 1 rings (SSSR count). The number of carbonyl (C=O) groups excluding carboxylic acids is 1. The highest BCUT2D eigenvalue weighted by Gasteiger charge is 2.04. The molecule has 0 radical (unpaired) electrons. The normalized spacial score (nSPS) is 10.2. The van der Waals surface area contributed by atoms with E-state index in [2.05, 4.69) is 11.6 Å². The molecule has 0 fully saturated rings. The van der Waals surface area contributed by atoms with E-state index in [4.69, 9.17) is 4.74 Å². The maximum Gasteiger partial charge on any atom is 0.251 e. The van der Waals surface area contributed by atoms with Crippen LogP contribution in [0.25, 0.3) is 0 Å². The van der Waals surface area contributed by atoms with E-state index in [1.807, 2.05) is 31.2 Å². The van der Waals surface area contributed by atoms with E-state index in [-0.39, 0.29) is 5.91 Å². The van der Waals surface area contributed by atoms with Crippen molar-refractivity contribution in [1.82, 2.24) is 5.32 Å². The van der Waals surface area contributed by atoms with Crippen molar-refractivity contribution >= 4 is 17.7 Å². The molecule has 0 spiro atoms. The van der Waals surface area contributed by atoms with E-state index in [1.54, 1.807) is 11.8 Å². The molecule has 4 heteroatoms. The minimum Gasteiger partial charge on any atom is -0.380 e. The van der Waals surface area contributed by atoms with Gasteiger partial charge in [-0.05, 0) is 30.9 Å². The van der Waals surface area contributed by atoms with Crippen molar-refractivity contribution in [2.24, 2.45) is 0 Å². The Labute approximate surface area is 107 Å². The average Bonchev–Trinajstić information content (AvgIpc) is 2.36. The van der Waals surface area contributed by atoms with Crippen molar-refractivity contribution in [2.75, 3.05) is 26.0 Å². The number of amides is 1. The number of thioether (sulfide) groups is 1. The molecular formula is C13H19NO2S. The minimum atomic E-state index is -0.0413. The highest BCUT2D eigenvalue weighted by atomic mass is 32.2. The molecule has 0 aliphatic heterocycles. The van der Waals surface area contributed by atoms with Crippen LogP contribution in [-0.4, -0.2) is 31.9 Å². The Morgan fingerprint density at radius 3 is 2.65 bits per heavy atom. The number of ether oxygens (including phenoxy) is 1. The van der Waals surface area contributed by atoms with Crippen LogP contribution in [0.4, 0.5) is 0 Å². The zero-order valence-corrected chi connectivity index (χ0v) is 11.2. The smallest absolute Gasteiger partial charge is 0.251 e. The molecule has 0 heterocycles. The molecule has 17 heavy (non-hydrogen) atoms. The van der Waals surface area contributed by atoms with Gasteiger partial charge in [0.2, 0.25) is 0 Å². The number of hydrogen-bond acceptors (Lipinski definition) is 3. The Balaban J connectivity index is 2.40. The Morgan fingerprint density at radius 1 is 1.35 bits per heavy atom. The van der Waals surface area contributed by atoms with E-state index in [0.29, 0.717) is 25.3 Å². The highest BCUT2D eigenvalue weighted by Crippen LogP contribution is 2.10. The van der Waals surface area contributed by atoms with Gasteiger partial charge in [0, 0.05) is 24.5 Å². The summed E-state index contributed by atoms with van der Waals surface area (Å²) in [5, 5.41) is 2.82. The summed E-state index contributed by atoms with van der Waals surface area (Å²) in [6, 6.07) is 7.71. The molecule has 1 N–H and O–H groups in total. The summed E-state index contributed by atoms with van der Waals surface area (Å²) in [4.78, 5) is 11.7. The summed E-state index contributed by atoms with van der Waals surface area (Å²) in [6.45, 7) is 3.73. The van der Waals surface area contributed by atoms with Gasteiger partial charge in [-0.15, -0.1) is 0 Å². The molecule has 1 aromatic carbocycles. The number of carbonyl (C=O) groups is 1. The topological polar surface area (TPSA) is 38.3 Å². The van der Waals surface area contributed by atoms with E-state index >= 15 is 0 Å². The monoisotopic (exact) mass is 253 g/mol. The molecule has 1 amide bonds. The zero-order valence-electron chi connectivity index (χ0n) is 10.4. The summed E-state index contributed by atoms with van der Waals surface area (Å²) in [6.07, 6.45) is 2.06. The molecule has 0 aliphatic rings. The molecule has 0 bridgehead atoms. The molecule has 0 saturated heterocycles. The van der Waals surface area contributed by atoms with Crippen LogP contribution in [0.5, 0.6) is 0 Å². The fraction of sp³-hybridized carbons (Fsp3) is 0.462. The Hall–Kier alpha value is -1.00. The van der Waals surface area contributed by atoms with E-state index < -0.39 is 0 Å². The lowest BCUT2D eigenvalue weighted by atomic mass is 10.1. The van der Waals surface area contributed by atoms with E-state index in [1.165, 1.54) is 5.56 Å². The quantitative estimate of drug-likeness (QED) is 0.758. The number of hydrogen-bond donors (Lipinski definition) is 1. The highest BCUT2D eigenvalue weighted by molar-refractivity contribution is 7.97. The largest absolute Gasteiger partial charge is 0.380 e. The Kier molecular flexibility index (Phi) is 6.74. The van der Waals surface area contributed by atoms with Gasteiger partial charge < -0.3 is 10.1 Å². The van der Waals surface area contributed by atoms with Crippen LogP contribution < -0.4 is 5.32 Å². The zero-order chi connectivity index (χ0) is 12.5. The number of rotatable bonds is 7. The van der Waals surface area contributed by atoms with Gasteiger partial charge in [0.25, 0.3) is 5.91 Å². The predicted molar refractivity (Wildman–Crippen MR) is 72.5 cm³/mol. The molecule has 3 nitrogen and oxygen atoms in total. The third-order valence-electron chi connectivity index (χ3n) is 2.26. The lowest BCUT2D eigenvalue weighted by molar-refractivity contribution is 0.0922. The molecule has 0 atom stereocenters. The number of benzene rings is 1. The van der Waals surface area contributed by atoms with Crippen LogP contribution >= 0.6 is 11.8 Å². The van der Waals surface area contributed by atoms with Gasteiger partial charge >= 0.3 is 0 Å². The summed E-state index contributed by atoms with van der Waals surface area (Å²) >= 11 is 1.77. The summed E-state index contributed by atoms with van der Waals surface area (Å²) in [5.74, 6) is 0.937. The second-order valence-electron chi connectivity index (χ2n) is 3.58. The van der Waals surface area contributed by atoms with Gasteiger partial charge in [-0.3, -0.25) is 4.79 Å². The van der Waals surface area contributed by atoms with Crippen molar-refractivity contribution in [1.29, 1.82) is 0 Å². The second kappa shape index (κ2) is 8.14. The standard InChI is InChI=1S/C13H19NO2S/c1-3-16-9-8-14-13(15)12-6-4-11(5-7-12)10-17-2/h4-7H,3,8-10H2,1-2H3,(H,14,15). The van der Waals surface area contributed by atoms with Crippen molar-refractivity contribution in [3.05, 3.63) is 35.4 Å². The maximum absolute atomic E-state index is 11.7. The maximum atomic E-state index is 11.7. The second-order valence-corrected chi connectivity index (χ2v) is 4.45. The molecule has 0 unspecified atom stereocenters. The van der Waals surface area contributed by atoms with Crippen LogP contribution in [0.1, 0.15) is 22.8 Å². The van der Waals surface area contributed by atoms with Crippen LogP contribution in [0.2, 0.25) is 0 Å². The SMILES string of the molecule is CCOCCNC(=O)c1ccc(CSC)cc1. The first-order valence-electron chi connectivity index (χ1n) is 5.71. The lowest BCUT2D eigenvalue weighted by Crippen LogP contribution is -2.27. The predicted octanol–water partition coefficient (Wildman–Crippen LogP) is 2.32. The first-order chi connectivity index (χ1) is 8.27. The van der Waals surface area contributed by atoms with Gasteiger partial charge in [-0.25, -0.2) is 0 Å². The molecule has 0 aliphatic carbocycles. The van der Waals surface area contributed by atoms with Crippen LogP contribution in [-0.2, 0) is 10.5 Å². The van der Waals surface area contributed by atoms with Crippen molar-refractivity contribution in [2.45, 2.75) is 12.7 Å². The van der Waals surface area contributed by atoms with Gasteiger partial charge in [-0.2, -0.15) is 11.8 Å². The Bertz CT molecular complexity index is 338. The molecule has 1 aromatic rings. The number of nitrogens with one attached hydrogen (secondary N) is 1. The first kappa shape index (κ1) is 14.1. The average molecular weight is 253 g/mol. The molecular weight excluding hydrogens is 234 g/mol. The lowest BCUT2D eigenvalue weighted by Gasteiger charge is -2.06. The van der Waals surface area contributed by atoms with Gasteiger partial charge in [0.15, 0.2) is 0 Å². The van der Waals surface area contributed by atoms with Crippen molar-refractivity contribution in [3.63, 3.8) is 0 Å². The minimum absolute atomic E-state index is 0.0413. The summed E-state index contributed by atoms with van der Waals surface area (Å²) in [5.41, 5.74) is 1.94. The van der Waals surface area contributed by atoms with Gasteiger partial charge in [-0.1, -0.05) is 12.1 Å². The van der Waals surface area contributed by atoms with Crippen LogP contribution in [0.3, 0.4) is 0 Å². The third-order valence-corrected chi connectivity index (χ3v) is 2.89. The van der Waals surface area contributed by atoms with E-state index in [0.717, 1.165) is 5.75 Å². The summed E-state index contributed by atoms with van der Waals surface area (Å²) < 4.78 is 5.15. The van der Waals surface area contributed by atoms with Crippen molar-refractivity contribution in [3.8, 4) is 0 Å². The van der Waals surface area contributed by atoms with E-state index in [9.17, 15) is 4.79 Å². The van der Waals surface area contributed by atoms with Gasteiger partial charge in [0.1, 0.15) is 0 Å². The first-order valence-corrected chi connectivity index (χ1v) is 7.11. The fourth-order valence-electron chi connectivity index (χ4n) is 1.40. The molecule has 94 valence electrons. The Morgan fingerprint density at radius 2 is 2.06 bits per heavy atom. The van der Waals surface area contributed by atoms with Gasteiger partial charge in [0.05, 0.1) is 6.61 Å². The summed E-state index contributed by atoms with van der Waals surface area (Å²) in [7, 11) is 0. The molecule has 0 saturated carbocycles. The fourth-order valence-corrected chi connectivity index (χ4v) is 1.93. The van der Waals surface area contributed by atoms with Crippen LogP contribution in [0.15, 0.2) is 24.3 Å². The van der Waals surface area contributed by atoms with Crippen molar-refractivity contribution < 1.29 is 9.53 Å².